The van der Waals surface area contributed by atoms with Crippen molar-refractivity contribution in [1.29, 1.82) is 0 Å². The molecule has 0 bridgehead atoms. The lowest BCUT2D eigenvalue weighted by atomic mass is 10.00. The molecule has 24 heavy (non-hydrogen) atoms. The van der Waals surface area contributed by atoms with Gasteiger partial charge in [0.1, 0.15) is 4.90 Å². The molecule has 5 nitrogen and oxygen atoms in total. The van der Waals surface area contributed by atoms with Crippen molar-refractivity contribution in [2.45, 2.75) is 49.6 Å². The second kappa shape index (κ2) is 6.10. The third-order valence-corrected chi connectivity index (χ3v) is 6.78. The van der Waals surface area contributed by atoms with E-state index < -0.39 is 10.0 Å². The third kappa shape index (κ3) is 2.83. The number of pyridine rings is 1. The molecule has 1 aromatic carbocycles. The second-order valence-electron chi connectivity index (χ2n) is 6.96. The number of benzene rings is 1. The number of rotatable bonds is 3. The molecule has 0 aliphatic carbocycles. The van der Waals surface area contributed by atoms with Gasteiger partial charge in [0.25, 0.3) is 0 Å². The summed E-state index contributed by atoms with van der Waals surface area (Å²) in [6.45, 7) is 4.05. The molecule has 0 saturated carbocycles. The van der Waals surface area contributed by atoms with Gasteiger partial charge in [0.05, 0.1) is 5.52 Å². The lowest BCUT2D eigenvalue weighted by Crippen LogP contribution is -2.46. The van der Waals surface area contributed by atoms with Crippen molar-refractivity contribution in [3.63, 3.8) is 0 Å². The monoisotopic (exact) mass is 345 g/mol. The minimum absolute atomic E-state index is 0.0102. The van der Waals surface area contributed by atoms with E-state index in [0.717, 1.165) is 36.9 Å². The molecule has 0 amide bonds. The van der Waals surface area contributed by atoms with Crippen molar-refractivity contribution >= 4 is 20.9 Å². The first kappa shape index (κ1) is 16.0. The van der Waals surface area contributed by atoms with E-state index in [1.165, 1.54) is 12.8 Å². The standard InChI is InChI=1S/C18H23N3O2S/c1-13-11-14-5-4-7-17(18(14)19-12-13)24(22,23)20-15-8-10-21-9-3-2-6-16(15)21/h4-5,7,11-12,15-16,20H,2-3,6,8-10H2,1H3/t15-,16-/m1/s1. The largest absolute Gasteiger partial charge is 0.299 e. The zero-order valence-electron chi connectivity index (χ0n) is 13.9. The Labute approximate surface area is 143 Å². The van der Waals surface area contributed by atoms with Crippen LogP contribution in [0.3, 0.4) is 0 Å². The van der Waals surface area contributed by atoms with Gasteiger partial charge in [-0.05, 0) is 50.4 Å². The number of nitrogens with zero attached hydrogens (tertiary/aromatic N) is 2. The van der Waals surface area contributed by atoms with Crippen LogP contribution in [-0.4, -0.2) is 43.5 Å². The van der Waals surface area contributed by atoms with E-state index in [0.29, 0.717) is 11.6 Å². The molecule has 4 rings (SSSR count). The van der Waals surface area contributed by atoms with Crippen LogP contribution in [-0.2, 0) is 10.0 Å². The van der Waals surface area contributed by atoms with Gasteiger partial charge >= 0.3 is 0 Å². The van der Waals surface area contributed by atoms with Crippen molar-refractivity contribution in [3.05, 3.63) is 36.0 Å². The Balaban J connectivity index is 1.66. The summed E-state index contributed by atoms with van der Waals surface area (Å²) in [7, 11) is -3.57. The summed E-state index contributed by atoms with van der Waals surface area (Å²) in [5.41, 5.74) is 1.58. The van der Waals surface area contributed by atoms with E-state index >= 15 is 0 Å². The molecule has 0 unspecified atom stereocenters. The van der Waals surface area contributed by atoms with Gasteiger partial charge in [-0.15, -0.1) is 0 Å². The summed E-state index contributed by atoms with van der Waals surface area (Å²) < 4.78 is 29.0. The van der Waals surface area contributed by atoms with Crippen LogP contribution in [0.5, 0.6) is 0 Å². The molecule has 2 aliphatic rings. The molecule has 2 fully saturated rings. The van der Waals surface area contributed by atoms with Crippen molar-refractivity contribution in [2.75, 3.05) is 13.1 Å². The van der Waals surface area contributed by atoms with E-state index in [1.807, 2.05) is 19.1 Å². The molecular formula is C18H23N3O2S. The molecule has 3 heterocycles. The van der Waals surface area contributed by atoms with Crippen LogP contribution in [0.4, 0.5) is 0 Å². The Morgan fingerprint density at radius 2 is 2.08 bits per heavy atom. The van der Waals surface area contributed by atoms with E-state index in [2.05, 4.69) is 14.6 Å². The molecule has 2 saturated heterocycles. The molecule has 0 spiro atoms. The SMILES string of the molecule is Cc1cnc2c(S(=O)(=O)N[C@@H]3CCN4CCCC[C@H]34)cccc2c1. The van der Waals surface area contributed by atoms with E-state index in [-0.39, 0.29) is 10.9 Å². The number of piperidine rings is 1. The van der Waals surface area contributed by atoms with E-state index in [9.17, 15) is 8.42 Å². The van der Waals surface area contributed by atoms with Crippen LogP contribution < -0.4 is 4.72 Å². The van der Waals surface area contributed by atoms with Gasteiger partial charge < -0.3 is 0 Å². The maximum absolute atomic E-state index is 13.0. The van der Waals surface area contributed by atoms with Crippen molar-refractivity contribution in [2.24, 2.45) is 0 Å². The minimum atomic E-state index is -3.57. The Bertz CT molecular complexity index is 866. The summed E-state index contributed by atoms with van der Waals surface area (Å²) in [5.74, 6) is 0. The van der Waals surface area contributed by atoms with Crippen molar-refractivity contribution < 1.29 is 8.42 Å². The average molecular weight is 345 g/mol. The summed E-state index contributed by atoms with van der Waals surface area (Å²) in [6, 6.07) is 7.68. The number of hydrogen-bond donors (Lipinski definition) is 1. The van der Waals surface area contributed by atoms with Gasteiger partial charge in [0.2, 0.25) is 10.0 Å². The molecule has 6 heteroatoms. The predicted molar refractivity (Wildman–Crippen MR) is 94.4 cm³/mol. The highest BCUT2D eigenvalue weighted by Gasteiger charge is 2.38. The van der Waals surface area contributed by atoms with E-state index in [1.54, 1.807) is 18.3 Å². The van der Waals surface area contributed by atoms with E-state index in [4.69, 9.17) is 0 Å². The molecule has 128 valence electrons. The molecule has 1 aromatic heterocycles. The number of sulfonamides is 1. The smallest absolute Gasteiger partial charge is 0.243 e. The van der Waals surface area contributed by atoms with Gasteiger partial charge in [-0.1, -0.05) is 18.6 Å². The summed E-state index contributed by atoms with van der Waals surface area (Å²) >= 11 is 0. The second-order valence-corrected chi connectivity index (χ2v) is 8.64. The van der Waals surface area contributed by atoms with Gasteiger partial charge in [-0.25, -0.2) is 13.1 Å². The van der Waals surface area contributed by atoms with Crippen LogP contribution in [0, 0.1) is 6.92 Å². The maximum Gasteiger partial charge on any atom is 0.243 e. The topological polar surface area (TPSA) is 62.3 Å². The maximum atomic E-state index is 13.0. The van der Waals surface area contributed by atoms with Crippen molar-refractivity contribution in [1.82, 2.24) is 14.6 Å². The number of fused-ring (bicyclic) bond motifs is 2. The number of hydrogen-bond acceptors (Lipinski definition) is 4. The summed E-state index contributed by atoms with van der Waals surface area (Å²) in [6.07, 6.45) is 6.11. The van der Waals surface area contributed by atoms with Crippen LogP contribution in [0.1, 0.15) is 31.2 Å². The summed E-state index contributed by atoms with van der Waals surface area (Å²) in [4.78, 5) is 7.09. The molecule has 1 N–H and O–H groups in total. The minimum Gasteiger partial charge on any atom is -0.299 e. The fourth-order valence-electron chi connectivity index (χ4n) is 4.11. The molecular weight excluding hydrogens is 322 g/mol. The van der Waals surface area contributed by atoms with Gasteiger partial charge in [0.15, 0.2) is 0 Å². The normalized spacial score (nSPS) is 25.0. The predicted octanol–water partition coefficient (Wildman–Crippen LogP) is 2.45. The number of aromatic nitrogens is 1. The lowest BCUT2D eigenvalue weighted by Gasteiger charge is -2.32. The number of aryl methyl sites for hydroxylation is 1. The highest BCUT2D eigenvalue weighted by molar-refractivity contribution is 7.89. The van der Waals surface area contributed by atoms with Crippen molar-refractivity contribution in [3.8, 4) is 0 Å². The quantitative estimate of drug-likeness (QED) is 0.928. The Hall–Kier alpha value is -1.50. The number of para-hydroxylation sites is 1. The van der Waals surface area contributed by atoms with Crippen LogP contribution >= 0.6 is 0 Å². The Kier molecular flexibility index (Phi) is 4.06. The molecule has 2 aliphatic heterocycles. The molecule has 2 atom stereocenters. The zero-order chi connectivity index (χ0) is 16.7. The third-order valence-electron chi connectivity index (χ3n) is 5.26. The van der Waals surface area contributed by atoms with Gasteiger partial charge in [0, 0.05) is 30.2 Å². The highest BCUT2D eigenvalue weighted by atomic mass is 32.2. The fraction of sp³-hybridized carbons (Fsp3) is 0.500. The first-order chi connectivity index (χ1) is 11.5. The van der Waals surface area contributed by atoms with Gasteiger partial charge in [-0.2, -0.15) is 0 Å². The summed E-state index contributed by atoms with van der Waals surface area (Å²) in [5, 5.41) is 0.864. The molecule has 0 radical (unpaired) electrons. The fourth-order valence-corrected chi connectivity index (χ4v) is 5.59. The first-order valence-corrected chi connectivity index (χ1v) is 10.1. The average Bonchev–Trinajstić information content (AvgIpc) is 2.96. The number of nitrogens with one attached hydrogen (secondary N) is 1. The Morgan fingerprint density at radius 3 is 2.96 bits per heavy atom. The first-order valence-electron chi connectivity index (χ1n) is 8.66. The highest BCUT2D eigenvalue weighted by Crippen LogP contribution is 2.29. The molecule has 2 aromatic rings. The Morgan fingerprint density at radius 1 is 1.21 bits per heavy atom. The van der Waals surface area contributed by atoms with Crippen LogP contribution in [0.2, 0.25) is 0 Å². The van der Waals surface area contributed by atoms with Crippen LogP contribution in [0.15, 0.2) is 35.4 Å². The van der Waals surface area contributed by atoms with Crippen LogP contribution in [0.25, 0.3) is 10.9 Å². The zero-order valence-corrected chi connectivity index (χ0v) is 14.7. The lowest BCUT2D eigenvalue weighted by molar-refractivity contribution is 0.186. The van der Waals surface area contributed by atoms with Gasteiger partial charge in [-0.3, -0.25) is 9.88 Å².